The van der Waals surface area contributed by atoms with Crippen LogP contribution in [0.1, 0.15) is 11.1 Å². The first-order valence-electron chi connectivity index (χ1n) is 5.70. The largest absolute Gasteiger partial charge is 0.418 e. The topological polar surface area (TPSA) is 72.2 Å². The summed E-state index contributed by atoms with van der Waals surface area (Å²) in [6.07, 6.45) is -4.64. The minimum absolute atomic E-state index is 0.0834. The van der Waals surface area contributed by atoms with Crippen molar-refractivity contribution in [2.24, 2.45) is 5.73 Å². The number of benzene rings is 1. The van der Waals surface area contributed by atoms with E-state index in [1.54, 1.807) is 5.38 Å². The minimum Gasteiger partial charge on any atom is -0.326 e. The third-order valence-electron chi connectivity index (χ3n) is 2.61. The van der Waals surface area contributed by atoms with Crippen molar-refractivity contribution in [3.63, 3.8) is 0 Å². The molecule has 2 rings (SSSR count). The number of hydrogen-bond donors (Lipinski definition) is 2. The standard InChI is InChI=1S/C12H11F3N2O2S2/c13-12(14,15)9-3-1-2-4-10(9)17-21(18,19)11-5-8(6-16)7-20-11/h1-5,7,17H,6,16H2. The average molecular weight is 336 g/mol. The molecule has 1 aromatic heterocycles. The van der Waals surface area contributed by atoms with Gasteiger partial charge in [0.2, 0.25) is 0 Å². The molecule has 0 saturated heterocycles. The Hall–Kier alpha value is -1.58. The Bertz CT molecular complexity index is 739. The number of sulfonamides is 1. The third kappa shape index (κ3) is 3.55. The first kappa shape index (κ1) is 15.8. The number of rotatable bonds is 4. The zero-order valence-corrected chi connectivity index (χ0v) is 12.1. The van der Waals surface area contributed by atoms with E-state index in [0.717, 1.165) is 23.5 Å². The van der Waals surface area contributed by atoms with Crippen molar-refractivity contribution in [1.82, 2.24) is 0 Å². The van der Waals surface area contributed by atoms with Gasteiger partial charge in [0.15, 0.2) is 0 Å². The molecule has 4 nitrogen and oxygen atoms in total. The molecule has 2 aromatic rings. The van der Waals surface area contributed by atoms with E-state index in [9.17, 15) is 21.6 Å². The van der Waals surface area contributed by atoms with Gasteiger partial charge >= 0.3 is 6.18 Å². The highest BCUT2D eigenvalue weighted by Gasteiger charge is 2.34. The van der Waals surface area contributed by atoms with Crippen LogP contribution in [0.4, 0.5) is 18.9 Å². The highest BCUT2D eigenvalue weighted by Crippen LogP contribution is 2.35. The average Bonchev–Trinajstić information content (AvgIpc) is 2.87. The number of thiophene rings is 1. The van der Waals surface area contributed by atoms with Crippen molar-refractivity contribution >= 4 is 27.0 Å². The normalized spacial score (nSPS) is 12.4. The van der Waals surface area contributed by atoms with Gasteiger partial charge in [-0.25, -0.2) is 8.42 Å². The van der Waals surface area contributed by atoms with Crippen LogP contribution < -0.4 is 10.5 Å². The molecule has 0 saturated carbocycles. The first-order valence-corrected chi connectivity index (χ1v) is 8.07. The van der Waals surface area contributed by atoms with Gasteiger partial charge in [0, 0.05) is 6.54 Å². The Labute approximate surface area is 123 Å². The molecule has 0 spiro atoms. The fourth-order valence-electron chi connectivity index (χ4n) is 1.62. The Balaban J connectivity index is 2.38. The number of alkyl halides is 3. The molecule has 0 aliphatic rings. The number of nitrogens with two attached hydrogens (primary N) is 1. The maximum absolute atomic E-state index is 12.8. The van der Waals surface area contributed by atoms with Crippen molar-refractivity contribution in [1.29, 1.82) is 0 Å². The Morgan fingerprint density at radius 1 is 1.24 bits per heavy atom. The summed E-state index contributed by atoms with van der Waals surface area (Å²) in [5.74, 6) is 0. The molecular weight excluding hydrogens is 325 g/mol. The van der Waals surface area contributed by atoms with Crippen molar-refractivity contribution < 1.29 is 21.6 Å². The minimum atomic E-state index is -4.64. The number of anilines is 1. The molecular formula is C12H11F3N2O2S2. The molecule has 3 N–H and O–H groups in total. The van der Waals surface area contributed by atoms with Crippen molar-refractivity contribution in [3.05, 3.63) is 46.8 Å². The summed E-state index contributed by atoms with van der Waals surface area (Å²) < 4.78 is 64.6. The van der Waals surface area contributed by atoms with Gasteiger partial charge in [0.1, 0.15) is 4.21 Å². The summed E-state index contributed by atoms with van der Waals surface area (Å²) in [5, 5.41) is 1.55. The van der Waals surface area contributed by atoms with Crippen LogP contribution in [-0.2, 0) is 22.7 Å². The van der Waals surface area contributed by atoms with Crippen LogP contribution in [0.3, 0.4) is 0 Å². The molecule has 0 fully saturated rings. The molecule has 9 heteroatoms. The van der Waals surface area contributed by atoms with E-state index in [2.05, 4.69) is 0 Å². The van der Waals surface area contributed by atoms with Gasteiger partial charge in [0.25, 0.3) is 10.0 Å². The Morgan fingerprint density at radius 3 is 2.48 bits per heavy atom. The zero-order valence-electron chi connectivity index (χ0n) is 10.5. The molecule has 0 aliphatic heterocycles. The van der Waals surface area contributed by atoms with E-state index in [0.29, 0.717) is 5.56 Å². The van der Waals surface area contributed by atoms with Gasteiger partial charge in [-0.05, 0) is 29.1 Å². The van der Waals surface area contributed by atoms with Crippen molar-refractivity contribution in [3.8, 4) is 0 Å². The highest BCUT2D eigenvalue weighted by atomic mass is 32.2. The predicted molar refractivity (Wildman–Crippen MR) is 74.5 cm³/mol. The van der Waals surface area contributed by atoms with E-state index in [1.165, 1.54) is 18.2 Å². The van der Waals surface area contributed by atoms with Gasteiger partial charge in [-0.15, -0.1) is 11.3 Å². The molecule has 0 radical (unpaired) electrons. The van der Waals surface area contributed by atoms with Crippen molar-refractivity contribution in [2.45, 2.75) is 16.9 Å². The summed E-state index contributed by atoms with van der Waals surface area (Å²) >= 11 is 0.902. The van der Waals surface area contributed by atoms with E-state index in [1.807, 2.05) is 4.72 Å². The first-order chi connectivity index (χ1) is 9.74. The van der Waals surface area contributed by atoms with Gasteiger partial charge < -0.3 is 5.73 Å². The van der Waals surface area contributed by atoms with E-state index < -0.39 is 27.5 Å². The van der Waals surface area contributed by atoms with Crippen LogP contribution in [0, 0.1) is 0 Å². The predicted octanol–water partition coefficient (Wildman–Crippen LogP) is 3.03. The van der Waals surface area contributed by atoms with Crippen LogP contribution in [0.2, 0.25) is 0 Å². The lowest BCUT2D eigenvalue weighted by atomic mass is 10.2. The van der Waals surface area contributed by atoms with E-state index >= 15 is 0 Å². The lowest BCUT2D eigenvalue weighted by Gasteiger charge is -2.13. The molecule has 1 aromatic carbocycles. The Kier molecular flexibility index (Phi) is 4.26. The van der Waals surface area contributed by atoms with Crippen LogP contribution in [0.25, 0.3) is 0 Å². The number of para-hydroxylation sites is 1. The van der Waals surface area contributed by atoms with Gasteiger partial charge in [-0.3, -0.25) is 4.72 Å². The summed E-state index contributed by atoms with van der Waals surface area (Å²) in [4.78, 5) is 0. The van der Waals surface area contributed by atoms with Gasteiger partial charge in [-0.1, -0.05) is 12.1 Å². The van der Waals surface area contributed by atoms with E-state index in [-0.39, 0.29) is 10.8 Å². The van der Waals surface area contributed by atoms with Crippen LogP contribution in [0.15, 0.2) is 39.9 Å². The Morgan fingerprint density at radius 2 is 1.90 bits per heavy atom. The molecule has 0 bridgehead atoms. The van der Waals surface area contributed by atoms with Crippen LogP contribution >= 0.6 is 11.3 Å². The summed E-state index contributed by atoms with van der Waals surface area (Å²) in [5.41, 5.74) is 4.44. The number of hydrogen-bond acceptors (Lipinski definition) is 4. The summed E-state index contributed by atoms with van der Waals surface area (Å²) in [6, 6.07) is 5.74. The van der Waals surface area contributed by atoms with Gasteiger partial charge in [0.05, 0.1) is 11.3 Å². The lowest BCUT2D eigenvalue weighted by molar-refractivity contribution is -0.136. The fraction of sp³-hybridized carbons (Fsp3) is 0.167. The second kappa shape index (κ2) is 5.66. The highest BCUT2D eigenvalue weighted by molar-refractivity contribution is 7.94. The van der Waals surface area contributed by atoms with E-state index in [4.69, 9.17) is 5.73 Å². The van der Waals surface area contributed by atoms with Crippen molar-refractivity contribution in [2.75, 3.05) is 4.72 Å². The molecule has 0 amide bonds. The fourth-order valence-corrected chi connectivity index (χ4v) is 3.92. The molecule has 0 aliphatic carbocycles. The van der Waals surface area contributed by atoms with Crippen LogP contribution in [0.5, 0.6) is 0 Å². The smallest absolute Gasteiger partial charge is 0.326 e. The van der Waals surface area contributed by atoms with Crippen LogP contribution in [-0.4, -0.2) is 8.42 Å². The number of nitrogens with one attached hydrogen (secondary N) is 1. The second-order valence-electron chi connectivity index (χ2n) is 4.13. The maximum Gasteiger partial charge on any atom is 0.418 e. The summed E-state index contributed by atoms with van der Waals surface area (Å²) in [7, 11) is -4.07. The second-order valence-corrected chi connectivity index (χ2v) is 6.95. The SMILES string of the molecule is NCc1csc(S(=O)(=O)Nc2ccccc2C(F)(F)F)c1. The molecule has 21 heavy (non-hydrogen) atoms. The monoisotopic (exact) mass is 336 g/mol. The quantitative estimate of drug-likeness (QED) is 0.901. The molecule has 0 unspecified atom stereocenters. The third-order valence-corrected chi connectivity index (χ3v) is 5.46. The lowest BCUT2D eigenvalue weighted by Crippen LogP contribution is -2.16. The summed E-state index contributed by atoms with van der Waals surface area (Å²) in [6.45, 7) is 0.158. The molecule has 0 atom stereocenters. The maximum atomic E-state index is 12.8. The van der Waals surface area contributed by atoms with Gasteiger partial charge in [-0.2, -0.15) is 13.2 Å². The number of halogens is 3. The zero-order chi connectivity index (χ0) is 15.7. The molecule has 1 heterocycles. The molecule has 114 valence electrons.